The lowest BCUT2D eigenvalue weighted by molar-refractivity contribution is 0.399. The van der Waals surface area contributed by atoms with Gasteiger partial charge in [0.2, 0.25) is 0 Å². The third-order valence-corrected chi connectivity index (χ3v) is 2.57. The van der Waals surface area contributed by atoms with Crippen LogP contribution in [0.3, 0.4) is 0 Å². The molecular weight excluding hydrogens is 160 g/mol. The SMILES string of the molecule is CCC(C)C(NC)c1cccnc1. The first-order valence-electron chi connectivity index (χ1n) is 4.86. The quantitative estimate of drug-likeness (QED) is 0.765. The van der Waals surface area contributed by atoms with Crippen LogP contribution in [0.1, 0.15) is 31.9 Å². The Morgan fingerprint density at radius 2 is 2.31 bits per heavy atom. The van der Waals surface area contributed by atoms with Gasteiger partial charge in [-0.2, -0.15) is 0 Å². The summed E-state index contributed by atoms with van der Waals surface area (Å²) < 4.78 is 0. The number of nitrogens with zero attached hydrogens (tertiary/aromatic N) is 1. The molecule has 2 unspecified atom stereocenters. The van der Waals surface area contributed by atoms with Crippen molar-refractivity contribution < 1.29 is 0 Å². The van der Waals surface area contributed by atoms with Crippen LogP contribution in [0.15, 0.2) is 24.5 Å². The van der Waals surface area contributed by atoms with Crippen molar-refractivity contribution >= 4 is 0 Å². The zero-order chi connectivity index (χ0) is 9.68. The van der Waals surface area contributed by atoms with Crippen molar-refractivity contribution in [3.8, 4) is 0 Å². The number of rotatable bonds is 4. The molecule has 72 valence electrons. The second kappa shape index (κ2) is 4.97. The predicted octanol–water partition coefficient (Wildman–Crippen LogP) is 2.39. The van der Waals surface area contributed by atoms with Crippen molar-refractivity contribution in [1.29, 1.82) is 0 Å². The van der Waals surface area contributed by atoms with Crippen LogP contribution < -0.4 is 5.32 Å². The van der Waals surface area contributed by atoms with Crippen molar-refractivity contribution in [1.82, 2.24) is 10.3 Å². The van der Waals surface area contributed by atoms with Crippen LogP contribution in [0.4, 0.5) is 0 Å². The van der Waals surface area contributed by atoms with Gasteiger partial charge in [-0.25, -0.2) is 0 Å². The second-order valence-corrected chi connectivity index (χ2v) is 3.44. The zero-order valence-electron chi connectivity index (χ0n) is 8.62. The maximum absolute atomic E-state index is 4.13. The van der Waals surface area contributed by atoms with E-state index in [1.165, 1.54) is 12.0 Å². The summed E-state index contributed by atoms with van der Waals surface area (Å²) in [7, 11) is 2.00. The molecule has 1 aromatic rings. The molecule has 0 amide bonds. The van der Waals surface area contributed by atoms with Crippen LogP contribution in [0, 0.1) is 5.92 Å². The molecule has 0 aliphatic heterocycles. The monoisotopic (exact) mass is 178 g/mol. The fourth-order valence-electron chi connectivity index (χ4n) is 1.58. The Bertz CT molecular complexity index is 233. The summed E-state index contributed by atoms with van der Waals surface area (Å²) in [5, 5.41) is 3.33. The van der Waals surface area contributed by atoms with E-state index in [4.69, 9.17) is 0 Å². The van der Waals surface area contributed by atoms with E-state index < -0.39 is 0 Å². The number of hydrogen-bond acceptors (Lipinski definition) is 2. The normalized spacial score (nSPS) is 15.3. The van der Waals surface area contributed by atoms with E-state index in [-0.39, 0.29) is 0 Å². The van der Waals surface area contributed by atoms with Crippen LogP contribution >= 0.6 is 0 Å². The van der Waals surface area contributed by atoms with Gasteiger partial charge in [-0.05, 0) is 24.6 Å². The van der Waals surface area contributed by atoms with Gasteiger partial charge in [0, 0.05) is 18.4 Å². The van der Waals surface area contributed by atoms with Gasteiger partial charge >= 0.3 is 0 Å². The van der Waals surface area contributed by atoms with E-state index in [1.807, 2.05) is 25.5 Å². The third kappa shape index (κ3) is 2.52. The van der Waals surface area contributed by atoms with Gasteiger partial charge in [0.25, 0.3) is 0 Å². The molecule has 0 fully saturated rings. The molecule has 2 heteroatoms. The first-order valence-corrected chi connectivity index (χ1v) is 4.86. The molecule has 2 atom stereocenters. The van der Waals surface area contributed by atoms with Crippen molar-refractivity contribution in [3.63, 3.8) is 0 Å². The Hall–Kier alpha value is -0.890. The van der Waals surface area contributed by atoms with Crippen LogP contribution in [0.25, 0.3) is 0 Å². The molecule has 0 aliphatic carbocycles. The Labute approximate surface area is 80.4 Å². The highest BCUT2D eigenvalue weighted by Crippen LogP contribution is 2.22. The van der Waals surface area contributed by atoms with Gasteiger partial charge in [-0.15, -0.1) is 0 Å². The first-order chi connectivity index (χ1) is 6.29. The summed E-state index contributed by atoms with van der Waals surface area (Å²) in [5.74, 6) is 0.647. The lowest BCUT2D eigenvalue weighted by Crippen LogP contribution is -2.23. The summed E-state index contributed by atoms with van der Waals surface area (Å²) >= 11 is 0. The third-order valence-electron chi connectivity index (χ3n) is 2.57. The highest BCUT2D eigenvalue weighted by molar-refractivity contribution is 5.14. The average molecular weight is 178 g/mol. The minimum Gasteiger partial charge on any atom is -0.313 e. The van der Waals surface area contributed by atoms with Crippen molar-refractivity contribution in [2.45, 2.75) is 26.3 Å². The van der Waals surface area contributed by atoms with Crippen LogP contribution in [0.2, 0.25) is 0 Å². The lowest BCUT2D eigenvalue weighted by atomic mass is 9.94. The van der Waals surface area contributed by atoms with Gasteiger partial charge in [-0.1, -0.05) is 26.3 Å². The van der Waals surface area contributed by atoms with E-state index in [1.54, 1.807) is 0 Å². The highest BCUT2D eigenvalue weighted by Gasteiger charge is 2.15. The highest BCUT2D eigenvalue weighted by atomic mass is 14.9. The Kier molecular flexibility index (Phi) is 3.90. The van der Waals surface area contributed by atoms with Gasteiger partial charge in [0.1, 0.15) is 0 Å². The largest absolute Gasteiger partial charge is 0.313 e. The molecule has 0 aliphatic rings. The predicted molar refractivity (Wildman–Crippen MR) is 55.5 cm³/mol. The van der Waals surface area contributed by atoms with E-state index in [2.05, 4.69) is 30.2 Å². The molecule has 1 rings (SSSR count). The molecule has 2 nitrogen and oxygen atoms in total. The fourth-order valence-corrected chi connectivity index (χ4v) is 1.58. The Morgan fingerprint density at radius 3 is 2.77 bits per heavy atom. The van der Waals surface area contributed by atoms with Crippen LogP contribution in [-0.2, 0) is 0 Å². The van der Waals surface area contributed by atoms with Crippen molar-refractivity contribution in [2.75, 3.05) is 7.05 Å². The molecule has 1 N–H and O–H groups in total. The molecule has 1 heterocycles. The fraction of sp³-hybridized carbons (Fsp3) is 0.545. The first kappa shape index (κ1) is 10.2. The van der Waals surface area contributed by atoms with Gasteiger partial charge in [-0.3, -0.25) is 4.98 Å². The summed E-state index contributed by atoms with van der Waals surface area (Å²) in [6.45, 7) is 4.47. The molecule has 0 saturated carbocycles. The Balaban J connectivity index is 2.78. The number of nitrogens with one attached hydrogen (secondary N) is 1. The standard InChI is InChI=1S/C11H18N2/c1-4-9(2)11(12-3)10-6-5-7-13-8-10/h5-9,11-12H,4H2,1-3H3. The summed E-state index contributed by atoms with van der Waals surface area (Å²) in [4.78, 5) is 4.13. The second-order valence-electron chi connectivity index (χ2n) is 3.44. The van der Waals surface area contributed by atoms with Crippen LogP contribution in [-0.4, -0.2) is 12.0 Å². The van der Waals surface area contributed by atoms with Gasteiger partial charge in [0.05, 0.1) is 0 Å². The topological polar surface area (TPSA) is 24.9 Å². The molecule has 0 spiro atoms. The molecule has 0 bridgehead atoms. The van der Waals surface area contributed by atoms with Crippen molar-refractivity contribution in [3.05, 3.63) is 30.1 Å². The van der Waals surface area contributed by atoms with Crippen molar-refractivity contribution in [2.24, 2.45) is 5.92 Å². The molecule has 0 saturated heterocycles. The summed E-state index contributed by atoms with van der Waals surface area (Å²) in [6, 6.07) is 4.54. The molecule has 0 aromatic carbocycles. The van der Waals surface area contributed by atoms with Gasteiger partial charge < -0.3 is 5.32 Å². The molecule has 0 radical (unpaired) electrons. The number of hydrogen-bond donors (Lipinski definition) is 1. The minimum atomic E-state index is 0.429. The molecular formula is C11H18N2. The maximum atomic E-state index is 4.13. The van der Waals surface area contributed by atoms with E-state index >= 15 is 0 Å². The van der Waals surface area contributed by atoms with E-state index in [0.29, 0.717) is 12.0 Å². The number of aromatic nitrogens is 1. The average Bonchev–Trinajstić information content (AvgIpc) is 2.20. The lowest BCUT2D eigenvalue weighted by Gasteiger charge is -2.22. The van der Waals surface area contributed by atoms with E-state index in [9.17, 15) is 0 Å². The Morgan fingerprint density at radius 1 is 1.54 bits per heavy atom. The van der Waals surface area contributed by atoms with Gasteiger partial charge in [0.15, 0.2) is 0 Å². The summed E-state index contributed by atoms with van der Waals surface area (Å²) in [6.07, 6.45) is 4.93. The molecule has 13 heavy (non-hydrogen) atoms. The minimum absolute atomic E-state index is 0.429. The van der Waals surface area contributed by atoms with E-state index in [0.717, 1.165) is 0 Å². The maximum Gasteiger partial charge on any atom is 0.0358 e. The van der Waals surface area contributed by atoms with Crippen LogP contribution in [0.5, 0.6) is 0 Å². The molecule has 1 aromatic heterocycles. The number of pyridine rings is 1. The zero-order valence-corrected chi connectivity index (χ0v) is 8.62. The summed E-state index contributed by atoms with van der Waals surface area (Å²) in [5.41, 5.74) is 1.28. The smallest absolute Gasteiger partial charge is 0.0358 e.